The zero-order valence-corrected chi connectivity index (χ0v) is 15.9. The van der Waals surface area contributed by atoms with Crippen LogP contribution in [0.25, 0.3) is 0 Å². The Bertz CT molecular complexity index is 980. The van der Waals surface area contributed by atoms with Gasteiger partial charge in [-0.1, -0.05) is 54.1 Å². The molecule has 0 saturated heterocycles. The molecular formula is C22H17ClFNO4. The van der Waals surface area contributed by atoms with E-state index in [0.717, 1.165) is 0 Å². The number of anilines is 1. The molecule has 0 aliphatic heterocycles. The maximum Gasteiger partial charge on any atom is 0.345 e. The number of benzene rings is 3. The highest BCUT2D eigenvalue weighted by atomic mass is 35.5. The molecule has 0 bridgehead atoms. The van der Waals surface area contributed by atoms with Crippen LogP contribution in [0.4, 0.5) is 10.1 Å². The van der Waals surface area contributed by atoms with Crippen molar-refractivity contribution >= 4 is 29.2 Å². The van der Waals surface area contributed by atoms with Crippen LogP contribution in [-0.2, 0) is 14.3 Å². The first-order chi connectivity index (χ1) is 14.0. The molecule has 3 aromatic carbocycles. The lowest BCUT2D eigenvalue weighted by atomic mass is 10.1. The molecule has 0 aliphatic carbocycles. The van der Waals surface area contributed by atoms with Gasteiger partial charge >= 0.3 is 5.97 Å². The van der Waals surface area contributed by atoms with Crippen LogP contribution in [0.5, 0.6) is 5.75 Å². The van der Waals surface area contributed by atoms with Gasteiger partial charge in [0, 0.05) is 11.3 Å². The Kier molecular flexibility index (Phi) is 6.81. The topological polar surface area (TPSA) is 64.6 Å². The van der Waals surface area contributed by atoms with E-state index in [1.54, 1.807) is 54.6 Å². The molecule has 0 radical (unpaired) electrons. The summed E-state index contributed by atoms with van der Waals surface area (Å²) in [6.45, 7) is -0.420. The summed E-state index contributed by atoms with van der Waals surface area (Å²) in [6.07, 6.45) is -1.21. The standard InChI is InChI=1S/C22H17ClFNO4/c23-18-8-4-5-9-19(18)28-14-20(26)29-21(15-6-2-1-3-7-15)22(27)25-17-12-10-16(24)11-13-17/h1-13,21H,14H2,(H,25,27)/t21-/m1/s1. The minimum atomic E-state index is -1.21. The van der Waals surface area contributed by atoms with Crippen LogP contribution >= 0.6 is 11.6 Å². The summed E-state index contributed by atoms with van der Waals surface area (Å²) in [5.41, 5.74) is 0.860. The predicted octanol–water partition coefficient (Wildman–Crippen LogP) is 4.78. The molecule has 5 nitrogen and oxygen atoms in total. The molecule has 1 N–H and O–H groups in total. The third-order valence-corrected chi connectivity index (χ3v) is 4.20. The van der Waals surface area contributed by atoms with Crippen molar-refractivity contribution < 1.29 is 23.5 Å². The predicted molar refractivity (Wildman–Crippen MR) is 107 cm³/mol. The maximum atomic E-state index is 13.1. The second-order valence-corrected chi connectivity index (χ2v) is 6.40. The lowest BCUT2D eigenvalue weighted by Crippen LogP contribution is -2.28. The third-order valence-electron chi connectivity index (χ3n) is 3.88. The fourth-order valence-corrected chi connectivity index (χ4v) is 2.70. The van der Waals surface area contributed by atoms with E-state index in [2.05, 4.69) is 5.32 Å². The molecule has 1 amide bonds. The van der Waals surface area contributed by atoms with Crippen LogP contribution in [0.3, 0.4) is 0 Å². The Labute approximate surface area is 172 Å². The van der Waals surface area contributed by atoms with Crippen LogP contribution in [0.15, 0.2) is 78.9 Å². The van der Waals surface area contributed by atoms with Crippen LogP contribution in [0.2, 0.25) is 5.02 Å². The number of halogens is 2. The molecular weight excluding hydrogens is 397 g/mol. The lowest BCUT2D eigenvalue weighted by Gasteiger charge is -2.18. The zero-order valence-electron chi connectivity index (χ0n) is 15.2. The van der Waals surface area contributed by atoms with E-state index in [-0.39, 0.29) is 0 Å². The smallest absolute Gasteiger partial charge is 0.345 e. The molecule has 7 heteroatoms. The van der Waals surface area contributed by atoms with Crippen molar-refractivity contribution in [3.63, 3.8) is 0 Å². The third kappa shape index (κ3) is 5.80. The van der Waals surface area contributed by atoms with Gasteiger partial charge in [-0.2, -0.15) is 0 Å². The summed E-state index contributed by atoms with van der Waals surface area (Å²) in [5.74, 6) is -1.41. The average molecular weight is 414 g/mol. The minimum Gasteiger partial charge on any atom is -0.480 e. The molecule has 0 aromatic heterocycles. The summed E-state index contributed by atoms with van der Waals surface area (Å²) in [7, 11) is 0. The van der Waals surface area contributed by atoms with Crippen LogP contribution in [-0.4, -0.2) is 18.5 Å². The molecule has 3 rings (SSSR count). The van der Waals surface area contributed by atoms with Gasteiger partial charge in [0.05, 0.1) is 5.02 Å². The van der Waals surface area contributed by atoms with Crippen LogP contribution < -0.4 is 10.1 Å². The normalized spacial score (nSPS) is 11.4. The number of carbonyl (C=O) groups excluding carboxylic acids is 2. The fourth-order valence-electron chi connectivity index (χ4n) is 2.51. The monoisotopic (exact) mass is 413 g/mol. The van der Waals surface area contributed by atoms with Gasteiger partial charge < -0.3 is 14.8 Å². The first kappa shape index (κ1) is 20.4. The highest BCUT2D eigenvalue weighted by Gasteiger charge is 2.25. The number of para-hydroxylation sites is 1. The van der Waals surface area contributed by atoms with Gasteiger partial charge in [0.2, 0.25) is 6.10 Å². The van der Waals surface area contributed by atoms with Gasteiger partial charge in [-0.3, -0.25) is 4.79 Å². The number of carbonyl (C=O) groups is 2. The van der Waals surface area contributed by atoms with E-state index in [1.165, 1.54) is 24.3 Å². The van der Waals surface area contributed by atoms with Gasteiger partial charge in [0.25, 0.3) is 5.91 Å². The van der Waals surface area contributed by atoms with Gasteiger partial charge in [-0.15, -0.1) is 0 Å². The van der Waals surface area contributed by atoms with Crippen molar-refractivity contribution in [2.45, 2.75) is 6.10 Å². The first-order valence-electron chi connectivity index (χ1n) is 8.71. The number of nitrogens with one attached hydrogen (secondary N) is 1. The second kappa shape index (κ2) is 9.71. The zero-order chi connectivity index (χ0) is 20.6. The lowest BCUT2D eigenvalue weighted by molar-refractivity contribution is -0.156. The summed E-state index contributed by atoms with van der Waals surface area (Å²) < 4.78 is 23.8. The second-order valence-electron chi connectivity index (χ2n) is 6.00. The van der Waals surface area contributed by atoms with Gasteiger partial charge in [-0.25, -0.2) is 9.18 Å². The Hall–Kier alpha value is -3.38. The largest absolute Gasteiger partial charge is 0.480 e. The number of esters is 1. The summed E-state index contributed by atoms with van der Waals surface area (Å²) >= 11 is 5.99. The van der Waals surface area contributed by atoms with Crippen molar-refractivity contribution in [3.8, 4) is 5.75 Å². The number of ether oxygens (including phenoxy) is 2. The molecule has 0 heterocycles. The molecule has 3 aromatic rings. The quantitative estimate of drug-likeness (QED) is 0.566. The van der Waals surface area contributed by atoms with E-state index in [9.17, 15) is 14.0 Å². The summed E-state index contributed by atoms with van der Waals surface area (Å²) in [5, 5.41) is 2.97. The van der Waals surface area contributed by atoms with E-state index >= 15 is 0 Å². The maximum absolute atomic E-state index is 13.1. The number of amides is 1. The van der Waals surface area contributed by atoms with Crippen LogP contribution in [0.1, 0.15) is 11.7 Å². The van der Waals surface area contributed by atoms with Gasteiger partial charge in [0.15, 0.2) is 6.61 Å². The number of rotatable bonds is 7. The Morgan fingerprint density at radius 1 is 0.931 bits per heavy atom. The van der Waals surface area contributed by atoms with Crippen molar-refractivity contribution in [1.29, 1.82) is 0 Å². The molecule has 0 aliphatic rings. The highest BCUT2D eigenvalue weighted by Crippen LogP contribution is 2.24. The average Bonchev–Trinajstić information content (AvgIpc) is 2.73. The Morgan fingerprint density at radius 2 is 1.59 bits per heavy atom. The van der Waals surface area contributed by atoms with E-state index < -0.39 is 30.4 Å². The summed E-state index contributed by atoms with van der Waals surface area (Å²) in [4.78, 5) is 25.0. The first-order valence-corrected chi connectivity index (χ1v) is 9.09. The molecule has 148 valence electrons. The summed E-state index contributed by atoms with van der Waals surface area (Å²) in [6, 6.07) is 20.5. The molecule has 29 heavy (non-hydrogen) atoms. The van der Waals surface area contributed by atoms with Gasteiger partial charge in [-0.05, 0) is 36.4 Å². The van der Waals surface area contributed by atoms with Crippen molar-refractivity contribution in [2.24, 2.45) is 0 Å². The molecule has 0 saturated carbocycles. The molecule has 0 spiro atoms. The van der Waals surface area contributed by atoms with E-state index in [1.807, 2.05) is 0 Å². The van der Waals surface area contributed by atoms with Crippen molar-refractivity contribution in [2.75, 3.05) is 11.9 Å². The van der Waals surface area contributed by atoms with Crippen molar-refractivity contribution in [1.82, 2.24) is 0 Å². The number of hydrogen-bond acceptors (Lipinski definition) is 4. The van der Waals surface area contributed by atoms with E-state index in [0.29, 0.717) is 22.0 Å². The minimum absolute atomic E-state index is 0.332. The SMILES string of the molecule is O=C(COc1ccccc1Cl)O[C@@H](C(=O)Nc1ccc(F)cc1)c1ccccc1. The Balaban J connectivity index is 1.70. The highest BCUT2D eigenvalue weighted by molar-refractivity contribution is 6.32. The number of hydrogen-bond donors (Lipinski definition) is 1. The van der Waals surface area contributed by atoms with Gasteiger partial charge in [0.1, 0.15) is 11.6 Å². The Morgan fingerprint density at radius 3 is 2.28 bits per heavy atom. The van der Waals surface area contributed by atoms with E-state index in [4.69, 9.17) is 21.1 Å². The molecule has 0 unspecified atom stereocenters. The fraction of sp³-hybridized carbons (Fsp3) is 0.0909. The molecule has 1 atom stereocenters. The van der Waals surface area contributed by atoms with Crippen molar-refractivity contribution in [3.05, 3.63) is 95.3 Å². The molecule has 0 fully saturated rings. The van der Waals surface area contributed by atoms with Crippen LogP contribution in [0, 0.1) is 5.82 Å².